The molecule has 0 radical (unpaired) electrons. The number of ether oxygens (including phenoxy) is 1. The van der Waals surface area contributed by atoms with Crippen molar-refractivity contribution in [3.63, 3.8) is 0 Å². The van der Waals surface area contributed by atoms with E-state index in [1.807, 2.05) is 17.9 Å². The van der Waals surface area contributed by atoms with Crippen LogP contribution in [0.25, 0.3) is 11.7 Å². The molecule has 3 rings (SSSR count). The van der Waals surface area contributed by atoms with Crippen LogP contribution in [0.5, 0.6) is 0 Å². The quantitative estimate of drug-likeness (QED) is 0.693. The van der Waals surface area contributed by atoms with Gasteiger partial charge in [0, 0.05) is 26.2 Å². The molecule has 0 aromatic carbocycles. The summed E-state index contributed by atoms with van der Waals surface area (Å²) < 4.78 is 16.1. The number of nitrogens with zero attached hydrogens (tertiary/aromatic N) is 4. The largest absolute Gasteiger partial charge is 0.459 e. The van der Waals surface area contributed by atoms with Crippen molar-refractivity contribution in [2.24, 2.45) is 5.92 Å². The highest BCUT2D eigenvalue weighted by molar-refractivity contribution is 5.81. The Morgan fingerprint density at radius 3 is 2.71 bits per heavy atom. The summed E-state index contributed by atoms with van der Waals surface area (Å²) in [6, 6.07) is 5.45. The van der Waals surface area contributed by atoms with Gasteiger partial charge in [0.25, 0.3) is 11.8 Å². The first kappa shape index (κ1) is 19.5. The molecular formula is C19H22N4O5. The molecule has 1 fully saturated rings. The maximum atomic E-state index is 12.3. The van der Waals surface area contributed by atoms with Crippen molar-refractivity contribution in [2.75, 3.05) is 37.7 Å². The molecule has 0 saturated carbocycles. The molecular weight excluding hydrogens is 364 g/mol. The molecule has 1 aliphatic rings. The normalized spacial score (nSPS) is 15.2. The number of furan rings is 1. The highest BCUT2D eigenvalue weighted by Gasteiger charge is 2.27. The SMILES string of the molecule is CC[C@H](C)C(=O)OCC(=O)N1CCN(c2oc(-c3ccco3)nc2C#N)CC1. The Balaban J connectivity index is 1.58. The number of carbonyl (C=O) groups excluding carboxylic acids is 2. The third kappa shape index (κ3) is 4.17. The van der Waals surface area contributed by atoms with Crippen LogP contribution in [-0.2, 0) is 14.3 Å². The Labute approximate surface area is 162 Å². The monoisotopic (exact) mass is 386 g/mol. The van der Waals surface area contributed by atoms with Crippen LogP contribution in [0.4, 0.5) is 5.88 Å². The number of hydrogen-bond donors (Lipinski definition) is 0. The highest BCUT2D eigenvalue weighted by Crippen LogP contribution is 2.29. The number of aromatic nitrogens is 1. The zero-order valence-electron chi connectivity index (χ0n) is 15.9. The minimum Gasteiger partial charge on any atom is -0.459 e. The van der Waals surface area contributed by atoms with E-state index in [9.17, 15) is 14.9 Å². The number of hydrogen-bond acceptors (Lipinski definition) is 8. The molecule has 0 N–H and O–H groups in total. The average Bonchev–Trinajstić information content (AvgIpc) is 3.40. The smallest absolute Gasteiger partial charge is 0.309 e. The second kappa shape index (κ2) is 8.61. The molecule has 148 valence electrons. The van der Waals surface area contributed by atoms with Crippen LogP contribution in [0.15, 0.2) is 27.2 Å². The Hall–Kier alpha value is -3.28. The van der Waals surface area contributed by atoms with E-state index in [1.165, 1.54) is 6.26 Å². The standard InChI is InChI=1S/C19H22N4O5/c1-3-13(2)19(25)27-12-16(24)22-6-8-23(9-7-22)18-14(11-20)21-17(28-18)15-5-4-10-26-15/h4-5,10,13H,3,6-9,12H2,1-2H3/t13-/m0/s1. The van der Waals surface area contributed by atoms with Crippen molar-refractivity contribution < 1.29 is 23.2 Å². The van der Waals surface area contributed by atoms with Gasteiger partial charge in [-0.25, -0.2) is 0 Å². The van der Waals surface area contributed by atoms with Gasteiger partial charge in [-0.05, 0) is 18.6 Å². The number of rotatable bonds is 6. The maximum absolute atomic E-state index is 12.3. The van der Waals surface area contributed by atoms with Crippen molar-refractivity contribution in [1.82, 2.24) is 9.88 Å². The Morgan fingerprint density at radius 1 is 1.36 bits per heavy atom. The zero-order valence-corrected chi connectivity index (χ0v) is 15.9. The minimum atomic E-state index is -0.361. The second-order valence-electron chi connectivity index (χ2n) is 6.55. The summed E-state index contributed by atoms with van der Waals surface area (Å²) in [6.45, 7) is 5.23. The number of piperazine rings is 1. The maximum Gasteiger partial charge on any atom is 0.309 e. The molecule has 2 aromatic heterocycles. The summed E-state index contributed by atoms with van der Waals surface area (Å²) in [5.41, 5.74) is 0.175. The number of oxazole rings is 1. The fourth-order valence-corrected chi connectivity index (χ4v) is 2.80. The van der Waals surface area contributed by atoms with Crippen molar-refractivity contribution in [1.29, 1.82) is 5.26 Å². The molecule has 1 aliphatic heterocycles. The summed E-state index contributed by atoms with van der Waals surface area (Å²) in [5.74, 6) is 0.241. The van der Waals surface area contributed by atoms with Gasteiger partial charge in [-0.2, -0.15) is 10.2 Å². The van der Waals surface area contributed by atoms with Crippen LogP contribution >= 0.6 is 0 Å². The van der Waals surface area contributed by atoms with E-state index in [2.05, 4.69) is 4.98 Å². The van der Waals surface area contributed by atoms with E-state index in [-0.39, 0.29) is 36.0 Å². The number of anilines is 1. The molecule has 0 aliphatic carbocycles. The second-order valence-corrected chi connectivity index (χ2v) is 6.55. The Bertz CT molecular complexity index is 860. The molecule has 1 atom stereocenters. The Morgan fingerprint density at radius 2 is 2.11 bits per heavy atom. The van der Waals surface area contributed by atoms with Crippen molar-refractivity contribution in [3.05, 3.63) is 24.1 Å². The van der Waals surface area contributed by atoms with E-state index < -0.39 is 0 Å². The number of carbonyl (C=O) groups is 2. The lowest BCUT2D eigenvalue weighted by atomic mass is 10.1. The lowest BCUT2D eigenvalue weighted by Crippen LogP contribution is -2.50. The Kier molecular flexibility index (Phi) is 5.99. The van der Waals surface area contributed by atoms with E-state index in [4.69, 9.17) is 13.6 Å². The van der Waals surface area contributed by atoms with Gasteiger partial charge >= 0.3 is 5.97 Å². The van der Waals surface area contributed by atoms with Crippen molar-refractivity contribution in [3.8, 4) is 17.7 Å². The predicted octanol–water partition coefficient (Wildman–Crippen LogP) is 2.04. The molecule has 2 aromatic rings. The molecule has 28 heavy (non-hydrogen) atoms. The van der Waals surface area contributed by atoms with Crippen molar-refractivity contribution >= 4 is 17.8 Å². The van der Waals surface area contributed by atoms with Crippen LogP contribution in [0.1, 0.15) is 26.0 Å². The lowest BCUT2D eigenvalue weighted by Gasteiger charge is -2.34. The van der Waals surface area contributed by atoms with Gasteiger partial charge in [-0.15, -0.1) is 0 Å². The molecule has 0 spiro atoms. The third-order valence-corrected chi connectivity index (χ3v) is 4.72. The fraction of sp³-hybridized carbons (Fsp3) is 0.474. The van der Waals surface area contributed by atoms with Gasteiger partial charge in [0.15, 0.2) is 12.4 Å². The van der Waals surface area contributed by atoms with Gasteiger partial charge in [-0.1, -0.05) is 13.8 Å². The predicted molar refractivity (Wildman–Crippen MR) is 98.1 cm³/mol. The zero-order chi connectivity index (χ0) is 20.1. The molecule has 9 heteroatoms. The molecule has 1 amide bonds. The van der Waals surface area contributed by atoms with Gasteiger partial charge in [0.2, 0.25) is 11.6 Å². The van der Waals surface area contributed by atoms with Gasteiger partial charge in [0.05, 0.1) is 12.2 Å². The van der Waals surface area contributed by atoms with E-state index in [1.54, 1.807) is 24.0 Å². The summed E-state index contributed by atoms with van der Waals surface area (Å²) in [6.07, 6.45) is 2.17. The first-order chi connectivity index (χ1) is 13.5. The fourth-order valence-electron chi connectivity index (χ4n) is 2.80. The summed E-state index contributed by atoms with van der Waals surface area (Å²) in [4.78, 5) is 31.7. The highest BCUT2D eigenvalue weighted by atomic mass is 16.5. The molecule has 1 saturated heterocycles. The van der Waals surface area contributed by atoms with E-state index in [0.717, 1.165) is 0 Å². The first-order valence-electron chi connectivity index (χ1n) is 9.17. The third-order valence-electron chi connectivity index (χ3n) is 4.72. The van der Waals surface area contributed by atoms with E-state index in [0.29, 0.717) is 44.2 Å². The van der Waals surface area contributed by atoms with Gasteiger partial charge < -0.3 is 23.4 Å². The van der Waals surface area contributed by atoms with Crippen LogP contribution in [-0.4, -0.2) is 54.5 Å². The summed E-state index contributed by atoms with van der Waals surface area (Å²) >= 11 is 0. The van der Waals surface area contributed by atoms with Crippen LogP contribution in [0.2, 0.25) is 0 Å². The lowest BCUT2D eigenvalue weighted by molar-refractivity contribution is -0.155. The molecule has 9 nitrogen and oxygen atoms in total. The van der Waals surface area contributed by atoms with Gasteiger partial charge in [-0.3, -0.25) is 9.59 Å². The van der Waals surface area contributed by atoms with Crippen LogP contribution in [0, 0.1) is 17.2 Å². The number of nitriles is 1. The molecule has 3 heterocycles. The molecule has 0 bridgehead atoms. The topological polar surface area (TPSA) is 113 Å². The van der Waals surface area contributed by atoms with Crippen LogP contribution in [0.3, 0.4) is 0 Å². The number of amides is 1. The summed E-state index contributed by atoms with van der Waals surface area (Å²) in [5, 5.41) is 9.34. The van der Waals surface area contributed by atoms with E-state index >= 15 is 0 Å². The van der Waals surface area contributed by atoms with Crippen molar-refractivity contribution in [2.45, 2.75) is 20.3 Å². The average molecular weight is 386 g/mol. The van der Waals surface area contributed by atoms with Crippen LogP contribution < -0.4 is 4.90 Å². The number of esters is 1. The first-order valence-corrected chi connectivity index (χ1v) is 9.17. The van der Waals surface area contributed by atoms with Gasteiger partial charge in [0.1, 0.15) is 6.07 Å². The summed E-state index contributed by atoms with van der Waals surface area (Å²) in [7, 11) is 0. The minimum absolute atomic E-state index is 0.175. The molecule has 0 unspecified atom stereocenters.